The second kappa shape index (κ2) is 30.9. The van der Waals surface area contributed by atoms with E-state index in [9.17, 15) is 140 Å². The van der Waals surface area contributed by atoms with Gasteiger partial charge in [0.05, 0.1) is 33.0 Å². The Morgan fingerprint density at radius 1 is 0.287 bits per heavy atom. The minimum absolute atomic E-state index is 0.0576. The largest absolute Gasteiger partial charge is 0.206 e. The van der Waals surface area contributed by atoms with Gasteiger partial charge in [-0.25, -0.2) is 140 Å². The van der Waals surface area contributed by atoms with Crippen molar-refractivity contribution in [3.8, 4) is 35.3 Å². The zero-order valence-electron chi connectivity index (χ0n) is 47.7. The Hall–Kier alpha value is -9.62. The van der Waals surface area contributed by atoms with Crippen LogP contribution in [0.3, 0.4) is 0 Å². The molecule has 0 heterocycles. The molecule has 0 amide bonds. The summed E-state index contributed by atoms with van der Waals surface area (Å²) in [5.41, 5.74) is -12.4. The van der Waals surface area contributed by atoms with Crippen molar-refractivity contribution >= 4 is 22.4 Å². The van der Waals surface area contributed by atoms with Crippen LogP contribution < -0.4 is 0 Å². The van der Waals surface area contributed by atoms with Gasteiger partial charge in [0.25, 0.3) is 0 Å². The standard InChI is InChI=1S/C13H3F9.C11H3F7.C10H8F4.C10H6F4.C9H6F4.C9H4F4/c1-2-5(14)7(16)3(8(17)6(2)15)4-9(18)11(20)13(22)12(21)10(4)19;1-2-5(12)3-4(7(14)6(2)13)9(16)11(18)10(17)8(3)15;1-4(2)6-9(13)7(11)5(3)8(12)10(6)14;1-3-4-6-9(13)7(11)5(2)8(12)10(6)14;2*1-3-5-8(12)6(10)4(2)7(11)9(5)13/h1H3;1H3;1H2,2-3H3;1-2H3;3H,1H2,2H3;1H,2H3. The first kappa shape index (κ1) is 78.6. The lowest BCUT2D eigenvalue weighted by molar-refractivity contribution is 0.379. The van der Waals surface area contributed by atoms with E-state index in [1.165, 1.54) is 13.8 Å². The number of hydrogen-bond donors (Lipinski definition) is 0. The highest BCUT2D eigenvalue weighted by Crippen LogP contribution is 2.39. The lowest BCUT2D eigenvalue weighted by Crippen LogP contribution is -2.09. The van der Waals surface area contributed by atoms with Crippen molar-refractivity contribution in [3.63, 3.8) is 0 Å². The van der Waals surface area contributed by atoms with Gasteiger partial charge in [0.15, 0.2) is 175 Å². The summed E-state index contributed by atoms with van der Waals surface area (Å²) in [4.78, 5) is 0. The van der Waals surface area contributed by atoms with E-state index in [2.05, 4.69) is 25.5 Å². The molecule has 94 heavy (non-hydrogen) atoms. The minimum Gasteiger partial charge on any atom is -0.206 e. The van der Waals surface area contributed by atoms with Gasteiger partial charge in [-0.3, -0.25) is 0 Å². The molecule has 0 aliphatic carbocycles. The van der Waals surface area contributed by atoms with Crippen LogP contribution in [0.25, 0.3) is 33.5 Å². The molecule has 0 atom stereocenters. The van der Waals surface area contributed by atoms with E-state index in [0.29, 0.717) is 6.92 Å². The molecule has 0 spiro atoms. The number of halogens is 32. The molecular weight excluding hydrogens is 1350 g/mol. The van der Waals surface area contributed by atoms with Crippen molar-refractivity contribution in [2.24, 2.45) is 0 Å². The van der Waals surface area contributed by atoms with Crippen LogP contribution in [0.15, 0.2) is 13.2 Å². The SMILES string of the molecule is C#Cc1c(F)c(F)c(C)c(F)c1F.C=C(C)c1c(F)c(F)c(C)c(F)c1F.C=Cc1c(F)c(F)c(C)c(F)c1F.CC#Cc1c(F)c(F)c(C)c(F)c1F.Cc1c(F)c(F)c(-c2c(F)c(F)c(F)c(F)c2F)c(F)c1F.Cc1c(F)c(F)c2c(F)c(F)c(F)c(F)c2c1F. The fraction of sp³-hybridized carbons (Fsp3) is 0.129. The van der Waals surface area contributed by atoms with Crippen LogP contribution in [0.1, 0.15) is 69.5 Å². The average Bonchev–Trinajstić information content (AvgIpc) is 0.754. The molecule has 8 rings (SSSR count). The number of fused-ring (bicyclic) bond motifs is 1. The molecule has 0 aliphatic heterocycles. The smallest absolute Gasteiger partial charge is 0.200 e. The molecule has 0 radical (unpaired) electrons. The highest BCUT2D eigenvalue weighted by atomic mass is 19.2. The predicted molar refractivity (Wildman–Crippen MR) is 274 cm³/mol. The van der Waals surface area contributed by atoms with E-state index < -0.39 is 264 Å². The molecule has 0 nitrogen and oxygen atoms in total. The second-order valence-corrected chi connectivity index (χ2v) is 18.3. The minimum atomic E-state index is -2.59. The van der Waals surface area contributed by atoms with E-state index in [4.69, 9.17) is 0 Å². The Morgan fingerprint density at radius 3 is 0.787 bits per heavy atom. The summed E-state index contributed by atoms with van der Waals surface area (Å²) in [5.74, 6) is -52.8. The van der Waals surface area contributed by atoms with E-state index in [1.54, 1.807) is 5.92 Å². The number of hydrogen-bond acceptors (Lipinski definition) is 0. The Bertz CT molecular complexity index is 4190. The van der Waals surface area contributed by atoms with Crippen molar-refractivity contribution in [1.29, 1.82) is 0 Å². The molecule has 0 fully saturated rings. The Morgan fingerprint density at radius 2 is 0.500 bits per heavy atom. The average molecular weight is 1380 g/mol. The van der Waals surface area contributed by atoms with E-state index in [-0.39, 0.29) is 5.57 Å². The van der Waals surface area contributed by atoms with Crippen molar-refractivity contribution in [1.82, 2.24) is 0 Å². The van der Waals surface area contributed by atoms with Gasteiger partial charge in [-0.15, -0.1) is 12.3 Å². The van der Waals surface area contributed by atoms with Gasteiger partial charge in [-0.05, 0) is 61.0 Å². The number of terminal acetylenes is 1. The number of rotatable bonds is 3. The number of benzene rings is 8. The van der Waals surface area contributed by atoms with Crippen LogP contribution in [0.5, 0.6) is 0 Å². The molecule has 0 N–H and O–H groups in total. The first-order valence-corrected chi connectivity index (χ1v) is 24.4. The zero-order chi connectivity index (χ0) is 73.0. The van der Waals surface area contributed by atoms with Gasteiger partial charge in [-0.1, -0.05) is 31.1 Å². The third-order valence-corrected chi connectivity index (χ3v) is 12.5. The molecule has 0 bridgehead atoms. The van der Waals surface area contributed by atoms with E-state index >= 15 is 0 Å². The van der Waals surface area contributed by atoms with Crippen LogP contribution in [0, 0.1) is 252 Å². The highest BCUT2D eigenvalue weighted by Gasteiger charge is 2.35. The molecule has 0 aliphatic rings. The first-order valence-electron chi connectivity index (χ1n) is 24.4. The van der Waals surface area contributed by atoms with Crippen LogP contribution in [0.2, 0.25) is 0 Å². The van der Waals surface area contributed by atoms with Crippen LogP contribution in [-0.2, 0) is 0 Å². The molecule has 502 valence electrons. The molecule has 8 aromatic carbocycles. The number of allylic oxidation sites excluding steroid dienone is 1. The lowest BCUT2D eigenvalue weighted by Gasteiger charge is -2.12. The van der Waals surface area contributed by atoms with Crippen molar-refractivity contribution in [3.05, 3.63) is 255 Å². The van der Waals surface area contributed by atoms with Gasteiger partial charge < -0.3 is 0 Å². The molecule has 8 aromatic rings. The molecule has 0 aromatic heterocycles. The fourth-order valence-electron chi connectivity index (χ4n) is 7.29. The first-order chi connectivity index (χ1) is 43.3. The van der Waals surface area contributed by atoms with Crippen molar-refractivity contribution in [2.45, 2.75) is 55.4 Å². The summed E-state index contributed by atoms with van der Waals surface area (Å²) >= 11 is 0. The maximum atomic E-state index is 13.7. The van der Waals surface area contributed by atoms with Gasteiger partial charge in [0.1, 0.15) is 16.9 Å². The maximum absolute atomic E-state index is 13.7. The molecule has 32 heteroatoms. The molecule has 0 saturated carbocycles. The molecular formula is C62H30F32. The van der Waals surface area contributed by atoms with E-state index in [0.717, 1.165) is 40.7 Å². The Balaban J connectivity index is 0.000000298. The maximum Gasteiger partial charge on any atom is 0.200 e. The van der Waals surface area contributed by atoms with Crippen LogP contribution in [-0.4, -0.2) is 0 Å². The van der Waals surface area contributed by atoms with Gasteiger partial charge in [0, 0.05) is 33.4 Å². The van der Waals surface area contributed by atoms with Crippen LogP contribution >= 0.6 is 0 Å². The summed E-state index contributed by atoms with van der Waals surface area (Å²) in [5, 5.41) is -3.05. The normalized spacial score (nSPS) is 10.5. The van der Waals surface area contributed by atoms with Gasteiger partial charge >= 0.3 is 0 Å². The lowest BCUT2D eigenvalue weighted by atomic mass is 9.99. The summed E-state index contributed by atoms with van der Waals surface area (Å²) in [7, 11) is 0. The fourth-order valence-corrected chi connectivity index (χ4v) is 7.29. The Labute approximate surface area is 507 Å². The molecule has 0 saturated heterocycles. The summed E-state index contributed by atoms with van der Waals surface area (Å²) in [6, 6.07) is 0. The second-order valence-electron chi connectivity index (χ2n) is 18.3. The van der Waals surface area contributed by atoms with E-state index in [1.807, 2.05) is 5.92 Å². The predicted octanol–water partition coefficient (Wildman–Crippen LogP) is 21.3. The quantitative estimate of drug-likeness (QED) is 0.0716. The summed E-state index contributed by atoms with van der Waals surface area (Å²) in [6.07, 6.45) is 5.41. The van der Waals surface area contributed by atoms with Gasteiger partial charge in [0.2, 0.25) is 5.82 Å². The van der Waals surface area contributed by atoms with Gasteiger partial charge in [-0.2, -0.15) is 0 Å². The third-order valence-electron chi connectivity index (χ3n) is 12.5. The highest BCUT2D eigenvalue weighted by molar-refractivity contribution is 5.86. The summed E-state index contributed by atoms with van der Waals surface area (Å²) in [6.45, 7) is 14.1. The van der Waals surface area contributed by atoms with Crippen molar-refractivity contribution < 1.29 is 140 Å². The summed E-state index contributed by atoms with van der Waals surface area (Å²) < 4.78 is 419. The van der Waals surface area contributed by atoms with Crippen molar-refractivity contribution in [2.75, 3.05) is 0 Å². The zero-order valence-corrected chi connectivity index (χ0v) is 47.7. The monoisotopic (exact) mass is 1380 g/mol. The molecule has 0 unspecified atom stereocenters. The topological polar surface area (TPSA) is 0 Å². The third kappa shape index (κ3) is 14.6. The Kier molecular flexibility index (Phi) is 25.8. The van der Waals surface area contributed by atoms with Crippen LogP contribution in [0.4, 0.5) is 140 Å².